The van der Waals surface area contributed by atoms with Crippen molar-refractivity contribution in [2.75, 3.05) is 9.80 Å². The zero-order chi connectivity index (χ0) is 69.1. The molecule has 4 nitrogen and oxygen atoms in total. The number of para-hydroxylation sites is 4. The quantitative estimate of drug-likeness (QED) is 0.0904. The Kier molecular flexibility index (Phi) is 33.0. The fourth-order valence-electron chi connectivity index (χ4n) is 15.9. The first-order valence-corrected chi connectivity index (χ1v) is 36.9. The van der Waals surface area contributed by atoms with E-state index in [1.165, 1.54) is 107 Å². The normalized spacial score (nSPS) is 21.2. The van der Waals surface area contributed by atoms with Crippen LogP contribution < -0.4 is 44.5 Å². The Labute approximate surface area is 635 Å². The maximum atomic E-state index is 10.1. The molecule has 8 aromatic carbocycles. The Morgan fingerprint density at radius 2 is 0.701 bits per heavy atom. The second-order valence-electron chi connectivity index (χ2n) is 31.4. The van der Waals surface area contributed by atoms with Crippen LogP contribution in [0.2, 0.25) is 0 Å². The number of rotatable bonds is 12. The number of nitrogens with zero attached hydrogens (tertiary/aromatic N) is 3. The van der Waals surface area contributed by atoms with E-state index in [-0.39, 0.29) is 68.5 Å². The van der Waals surface area contributed by atoms with Crippen LogP contribution in [0.1, 0.15) is 249 Å². The molecule has 0 N–H and O–H groups in total. The van der Waals surface area contributed by atoms with Gasteiger partial charge in [0.2, 0.25) is 0 Å². The van der Waals surface area contributed by atoms with Gasteiger partial charge in [-0.15, -0.1) is 27.8 Å². The molecular formula is C89H115ClCu2N3NaO. The molecule has 522 valence electrons. The van der Waals surface area contributed by atoms with Crippen molar-refractivity contribution in [3.05, 3.63) is 281 Å². The van der Waals surface area contributed by atoms with Gasteiger partial charge in [-0.2, -0.15) is 0 Å². The fourth-order valence-corrected chi connectivity index (χ4v) is 15.9. The predicted octanol–water partition coefficient (Wildman–Crippen LogP) is 22.5. The van der Waals surface area contributed by atoms with E-state index in [2.05, 4.69) is 308 Å². The van der Waals surface area contributed by atoms with Gasteiger partial charge in [-0.05, 0) is 139 Å². The largest absolute Gasteiger partial charge is 2.00 e. The molecule has 97 heavy (non-hydrogen) atoms. The Hall–Kier alpha value is -4.55. The van der Waals surface area contributed by atoms with Crippen molar-refractivity contribution in [3.63, 3.8) is 0 Å². The van der Waals surface area contributed by atoms with Gasteiger partial charge in [-0.25, -0.2) is 13.1 Å². The average Bonchev–Trinajstić information content (AvgIpc) is 1.59. The minimum Gasteiger partial charge on any atom is -0.658 e. The van der Waals surface area contributed by atoms with Gasteiger partial charge in [-0.1, -0.05) is 347 Å². The summed E-state index contributed by atoms with van der Waals surface area (Å²) in [7, 11) is 4.20. The standard InChI is InChI=1S/2C30H42N.C13H12.C12H10N.C4H9O.ClH.2Cu.Na/c2*1-21(2)25-14-11-15-26(22(3)4)28(25)31-20-30(19-29(31,6)7)18-23(5)16-17-27(30)24-12-9-8-10-13-24;1-3-7-12(8-4-1)11-13-9-5-2-6-10-13;1-3-7-11(8-4-1)13-12-9-5-2-6-10-12;1-4(2,3)5;;;;/h2*8-15,20-23,27H,16-19H2,1-7H3;1-10H,11H2;1-10H;1-3H3;1H;;;/q2*-1;;2*-1;;2*+2;+1/p-1/t2*23?,27-,30-;;;;;;;/m00......./s1. The van der Waals surface area contributed by atoms with Crippen molar-refractivity contribution < 1.29 is 66.8 Å². The molecule has 2 unspecified atom stereocenters. The minimum atomic E-state index is -0.750. The van der Waals surface area contributed by atoms with Crippen LogP contribution >= 0.6 is 10.1 Å². The number of hydrogen-bond donors (Lipinski definition) is 0. The Balaban J connectivity index is 0.000000239. The van der Waals surface area contributed by atoms with E-state index >= 15 is 0 Å². The molecule has 12 rings (SSSR count). The first-order valence-electron chi connectivity index (χ1n) is 35.6. The molecule has 6 atom stereocenters. The molecule has 2 spiro atoms. The van der Waals surface area contributed by atoms with Crippen LogP contribution in [0.25, 0.3) is 5.32 Å². The number of anilines is 2. The summed E-state index contributed by atoms with van der Waals surface area (Å²) in [4.78, 5) is 5.43. The van der Waals surface area contributed by atoms with Crippen LogP contribution in [0, 0.1) is 35.8 Å². The van der Waals surface area contributed by atoms with Crippen molar-refractivity contribution in [3.8, 4) is 0 Å². The van der Waals surface area contributed by atoms with Crippen molar-refractivity contribution in [2.45, 2.75) is 228 Å². The molecule has 8 heteroatoms. The summed E-state index contributed by atoms with van der Waals surface area (Å²) in [5.41, 5.74) is 16.7. The van der Waals surface area contributed by atoms with E-state index in [0.717, 1.165) is 29.6 Å². The average molecular weight is 1430 g/mol. The Morgan fingerprint density at radius 3 is 0.969 bits per heavy atom. The second-order valence-corrected chi connectivity index (χ2v) is 31.4. The summed E-state index contributed by atoms with van der Waals surface area (Å²) in [6.07, 6.45) is 11.4. The summed E-state index contributed by atoms with van der Waals surface area (Å²) in [6, 6.07) is 77.6. The molecule has 2 saturated heterocycles. The van der Waals surface area contributed by atoms with Gasteiger partial charge in [0.1, 0.15) is 0 Å². The molecule has 2 heterocycles. The van der Waals surface area contributed by atoms with Gasteiger partial charge in [0.05, 0.1) is 0 Å². The number of halogens is 1. The monoisotopic (exact) mass is 1430 g/mol. The van der Waals surface area contributed by atoms with Crippen LogP contribution in [-0.4, -0.2) is 16.7 Å². The Morgan fingerprint density at radius 1 is 0.443 bits per heavy atom. The smallest absolute Gasteiger partial charge is 0.658 e. The maximum Gasteiger partial charge on any atom is 2.00 e. The van der Waals surface area contributed by atoms with Gasteiger partial charge in [-0.3, -0.25) is 0 Å². The first-order chi connectivity index (χ1) is 45.2. The van der Waals surface area contributed by atoms with Crippen LogP contribution in [0.3, 0.4) is 0 Å². The molecule has 0 amide bonds. The number of benzene rings is 8. The molecule has 0 aromatic heterocycles. The zero-order valence-corrected chi connectivity index (χ0v) is 66.8. The van der Waals surface area contributed by atoms with E-state index in [0.29, 0.717) is 35.5 Å². The molecule has 2 saturated carbocycles. The Bertz CT molecular complexity index is 3150. The third kappa shape index (κ3) is 23.2. The minimum absolute atomic E-state index is 0. The van der Waals surface area contributed by atoms with Crippen molar-refractivity contribution >= 4 is 32.8 Å². The molecule has 4 fully saturated rings. The van der Waals surface area contributed by atoms with Gasteiger partial charge >= 0.3 is 71.8 Å². The SMILES string of the molecule is CC(C)(C)[O-].CC1CC[C@@H](c2ccccc2)[C@@]2([CH-]N(c3c(C(C)C)cccc3C(C)C)C(C)(C)C2)C1.CC1CC[C@@H](c2ccccc2)[C@@]2([CH-]N(c3c(C(C)C)cccc3C(C)C)C(C)(C)C2)C1.[Cl][Cu+].[Cu+2].[Na+].c1ccc(Cc2ccccc2)cc1.c1ccc([N-]c2ccccc2)cc1. The topological polar surface area (TPSA) is 43.6 Å². The molecule has 2 aliphatic carbocycles. The summed E-state index contributed by atoms with van der Waals surface area (Å²) in [6.45, 7) is 43.9. The van der Waals surface area contributed by atoms with Crippen LogP contribution in [0.5, 0.6) is 0 Å². The third-order valence-electron chi connectivity index (χ3n) is 19.8. The molecule has 1 radical (unpaired) electrons. The van der Waals surface area contributed by atoms with E-state index in [9.17, 15) is 5.11 Å². The fraction of sp³-hybridized carbons (Fsp3) is 0.438. The van der Waals surface area contributed by atoms with Gasteiger partial charge in [0.15, 0.2) is 0 Å². The summed E-state index contributed by atoms with van der Waals surface area (Å²) < 4.78 is 0. The van der Waals surface area contributed by atoms with E-state index in [1.54, 1.807) is 20.8 Å². The van der Waals surface area contributed by atoms with E-state index in [1.807, 2.05) is 60.7 Å². The molecule has 2 aliphatic heterocycles. The zero-order valence-electron chi connectivity index (χ0n) is 62.2. The summed E-state index contributed by atoms with van der Waals surface area (Å²) in [5, 5.41) is 14.5. The third-order valence-corrected chi connectivity index (χ3v) is 19.8. The molecular weight excluding hydrogens is 1310 g/mol. The van der Waals surface area contributed by atoms with Crippen LogP contribution in [-0.2, 0) is 38.6 Å². The second kappa shape index (κ2) is 38.5. The summed E-state index contributed by atoms with van der Waals surface area (Å²) >= 11 is 3.66. The predicted molar refractivity (Wildman–Crippen MR) is 406 cm³/mol. The van der Waals surface area contributed by atoms with Crippen LogP contribution in [0.4, 0.5) is 22.7 Å². The van der Waals surface area contributed by atoms with Crippen molar-refractivity contribution in [2.24, 2.45) is 22.7 Å². The van der Waals surface area contributed by atoms with Gasteiger partial charge < -0.3 is 20.2 Å². The molecule has 4 aliphatic rings. The van der Waals surface area contributed by atoms with E-state index < -0.39 is 5.60 Å². The van der Waals surface area contributed by atoms with Crippen LogP contribution in [0.15, 0.2) is 218 Å². The number of hydrogen-bond acceptors (Lipinski definition) is 3. The summed E-state index contributed by atoms with van der Waals surface area (Å²) in [5.74, 6) is 4.88. The molecule has 8 aromatic rings. The van der Waals surface area contributed by atoms with Crippen molar-refractivity contribution in [1.29, 1.82) is 0 Å². The molecule has 0 bridgehead atoms. The van der Waals surface area contributed by atoms with Gasteiger partial charge in [0, 0.05) is 22.5 Å². The van der Waals surface area contributed by atoms with E-state index in [4.69, 9.17) is 0 Å². The first kappa shape index (κ1) is 83.1. The van der Waals surface area contributed by atoms with Crippen molar-refractivity contribution in [1.82, 2.24) is 0 Å². The maximum absolute atomic E-state index is 10.1. The van der Waals surface area contributed by atoms with Gasteiger partial charge in [0.25, 0.3) is 0 Å².